The smallest absolute Gasteiger partial charge is 0.223 e. The van der Waals surface area contributed by atoms with Crippen LogP contribution in [0.25, 0.3) is 0 Å². The van der Waals surface area contributed by atoms with Crippen LogP contribution in [0.15, 0.2) is 30.3 Å². The first kappa shape index (κ1) is 17.3. The summed E-state index contributed by atoms with van der Waals surface area (Å²) in [5.74, 6) is 2.03. The molecule has 2 unspecified atom stereocenters. The predicted molar refractivity (Wildman–Crippen MR) is 103 cm³/mol. The van der Waals surface area contributed by atoms with Gasteiger partial charge in [-0.2, -0.15) is 0 Å². The highest BCUT2D eigenvalue weighted by Gasteiger charge is 2.47. The van der Waals surface area contributed by atoms with Crippen molar-refractivity contribution >= 4 is 23.3 Å². The molecule has 3 aliphatic heterocycles. The van der Waals surface area contributed by atoms with E-state index in [0.717, 1.165) is 53.9 Å². The van der Waals surface area contributed by atoms with E-state index < -0.39 is 0 Å². The van der Waals surface area contributed by atoms with Crippen LogP contribution >= 0.6 is 11.6 Å². The molecule has 3 aliphatic rings. The van der Waals surface area contributed by atoms with Gasteiger partial charge in [-0.05, 0) is 44.4 Å². The molecular weight excluding hydrogens is 348 g/mol. The maximum Gasteiger partial charge on any atom is 0.223 e. The van der Waals surface area contributed by atoms with Crippen molar-refractivity contribution in [1.29, 1.82) is 0 Å². The quantitative estimate of drug-likeness (QED) is 0.829. The fourth-order valence-corrected chi connectivity index (χ4v) is 4.35. The Balaban J connectivity index is 1.37. The number of nitrogens with zero attached hydrogens (tertiary/aromatic N) is 4. The van der Waals surface area contributed by atoms with Crippen LogP contribution in [-0.2, 0) is 11.2 Å². The average Bonchev–Trinajstić information content (AvgIpc) is 2.59. The Bertz CT molecular complexity index is 808. The Kier molecular flexibility index (Phi) is 4.57. The van der Waals surface area contributed by atoms with Gasteiger partial charge in [-0.15, -0.1) is 0 Å². The van der Waals surface area contributed by atoms with Gasteiger partial charge in [0.25, 0.3) is 0 Å². The lowest BCUT2D eigenvalue weighted by Crippen LogP contribution is -2.70. The number of carbonyl (C=O) groups excluding carboxylic acids is 1. The van der Waals surface area contributed by atoms with E-state index in [2.05, 4.69) is 19.8 Å². The van der Waals surface area contributed by atoms with Gasteiger partial charge in [0.15, 0.2) is 0 Å². The minimum Gasteiger partial charge on any atom is -0.352 e. The summed E-state index contributed by atoms with van der Waals surface area (Å²) >= 11 is 6.02. The van der Waals surface area contributed by atoms with E-state index in [1.807, 2.05) is 44.2 Å². The number of aryl methyl sites for hydroxylation is 3. The second-order valence-corrected chi connectivity index (χ2v) is 7.73. The second kappa shape index (κ2) is 6.88. The van der Waals surface area contributed by atoms with Crippen molar-refractivity contribution in [3.8, 4) is 0 Å². The van der Waals surface area contributed by atoms with Crippen molar-refractivity contribution in [2.24, 2.45) is 0 Å². The van der Waals surface area contributed by atoms with Crippen LogP contribution in [0.1, 0.15) is 29.9 Å². The Hall–Kier alpha value is -2.14. The van der Waals surface area contributed by atoms with Crippen LogP contribution in [0.4, 0.5) is 5.82 Å². The first-order valence-corrected chi connectivity index (χ1v) is 9.50. The number of halogens is 1. The molecule has 3 saturated heterocycles. The van der Waals surface area contributed by atoms with Crippen molar-refractivity contribution in [3.05, 3.63) is 52.4 Å². The number of aromatic nitrogens is 2. The summed E-state index contributed by atoms with van der Waals surface area (Å²) in [7, 11) is 0. The zero-order valence-electron chi connectivity index (χ0n) is 15.2. The zero-order chi connectivity index (χ0) is 18.3. The summed E-state index contributed by atoms with van der Waals surface area (Å²) in [5.41, 5.74) is 2.10. The van der Waals surface area contributed by atoms with Crippen LogP contribution in [0.3, 0.4) is 0 Å². The van der Waals surface area contributed by atoms with Gasteiger partial charge in [0.1, 0.15) is 11.6 Å². The molecule has 0 N–H and O–H groups in total. The predicted octanol–water partition coefficient (Wildman–Crippen LogP) is 3.17. The minimum atomic E-state index is 0.251. The first-order valence-electron chi connectivity index (χ1n) is 9.12. The van der Waals surface area contributed by atoms with E-state index in [9.17, 15) is 4.79 Å². The van der Waals surface area contributed by atoms with Crippen molar-refractivity contribution < 1.29 is 4.79 Å². The Morgan fingerprint density at radius 3 is 2.65 bits per heavy atom. The van der Waals surface area contributed by atoms with Gasteiger partial charge in [0.05, 0.1) is 12.1 Å². The molecule has 2 aromatic rings. The summed E-state index contributed by atoms with van der Waals surface area (Å²) < 4.78 is 0. The average molecular weight is 371 g/mol. The van der Waals surface area contributed by atoms with Crippen molar-refractivity contribution in [1.82, 2.24) is 14.9 Å². The molecule has 6 heteroatoms. The van der Waals surface area contributed by atoms with Gasteiger partial charge < -0.3 is 9.80 Å². The number of hydrogen-bond acceptors (Lipinski definition) is 4. The van der Waals surface area contributed by atoms with Crippen molar-refractivity contribution in [2.45, 2.75) is 45.2 Å². The Morgan fingerprint density at radius 1 is 1.19 bits per heavy atom. The van der Waals surface area contributed by atoms with Gasteiger partial charge in [0, 0.05) is 36.3 Å². The lowest BCUT2D eigenvalue weighted by atomic mass is 9.86. The van der Waals surface area contributed by atoms with Gasteiger partial charge in [-0.1, -0.05) is 23.7 Å². The standard InChI is InChI=1S/C20H23ClN4O/c1-13-8-19(23-14(2)22-13)24-11-17-10-18(12-24)25(17)20(26)7-6-15-4-3-5-16(21)9-15/h3-5,8-9,17-18H,6-7,10-12H2,1-2H3. The van der Waals surface area contributed by atoms with E-state index in [4.69, 9.17) is 11.6 Å². The van der Waals surface area contributed by atoms with Crippen LogP contribution < -0.4 is 4.90 Å². The summed E-state index contributed by atoms with van der Waals surface area (Å²) in [6.07, 6.45) is 2.38. The Labute approximate surface area is 159 Å². The van der Waals surface area contributed by atoms with Gasteiger partial charge in [-0.3, -0.25) is 4.79 Å². The number of piperazine rings is 1. The maximum absolute atomic E-state index is 12.7. The highest BCUT2D eigenvalue weighted by Crippen LogP contribution is 2.35. The minimum absolute atomic E-state index is 0.251. The number of anilines is 1. The van der Waals surface area contributed by atoms with Gasteiger partial charge in [0.2, 0.25) is 5.91 Å². The number of carbonyl (C=O) groups is 1. The largest absolute Gasteiger partial charge is 0.352 e. The number of amides is 1. The van der Waals surface area contributed by atoms with Gasteiger partial charge in [-0.25, -0.2) is 9.97 Å². The third kappa shape index (κ3) is 3.40. The molecule has 26 heavy (non-hydrogen) atoms. The molecule has 2 bridgehead atoms. The third-order valence-electron chi connectivity index (χ3n) is 5.27. The molecule has 2 atom stereocenters. The van der Waals surface area contributed by atoms with E-state index in [0.29, 0.717) is 18.5 Å². The number of piperidine rings is 1. The topological polar surface area (TPSA) is 49.3 Å². The highest BCUT2D eigenvalue weighted by atomic mass is 35.5. The number of rotatable bonds is 4. The molecule has 1 aromatic heterocycles. The first-order chi connectivity index (χ1) is 12.5. The lowest BCUT2D eigenvalue weighted by Gasteiger charge is -2.56. The fourth-order valence-electron chi connectivity index (χ4n) is 4.14. The SMILES string of the molecule is Cc1cc(N2CC3CC(C2)N3C(=O)CCc2cccc(Cl)c2)nc(C)n1. The molecule has 0 radical (unpaired) electrons. The molecule has 3 fully saturated rings. The van der Waals surface area contributed by atoms with E-state index in [-0.39, 0.29) is 5.91 Å². The summed E-state index contributed by atoms with van der Waals surface area (Å²) in [6, 6.07) is 10.4. The normalized spacial score (nSPS) is 21.5. The van der Waals surface area contributed by atoms with E-state index in [1.54, 1.807) is 0 Å². The summed E-state index contributed by atoms with van der Waals surface area (Å²) in [4.78, 5) is 26.0. The molecule has 1 amide bonds. The van der Waals surface area contributed by atoms with Crippen LogP contribution in [-0.4, -0.2) is 45.9 Å². The molecule has 136 valence electrons. The zero-order valence-corrected chi connectivity index (χ0v) is 15.9. The molecule has 5 rings (SSSR count). The molecular formula is C20H23ClN4O. The molecule has 4 heterocycles. The molecule has 0 saturated carbocycles. The summed E-state index contributed by atoms with van der Waals surface area (Å²) in [5, 5.41) is 0.724. The number of fused-ring (bicyclic) bond motifs is 2. The lowest BCUT2D eigenvalue weighted by molar-refractivity contribution is -0.146. The Morgan fingerprint density at radius 2 is 1.96 bits per heavy atom. The second-order valence-electron chi connectivity index (χ2n) is 7.29. The number of benzene rings is 1. The van der Waals surface area contributed by atoms with Crippen molar-refractivity contribution in [2.75, 3.05) is 18.0 Å². The highest BCUT2D eigenvalue weighted by molar-refractivity contribution is 6.30. The van der Waals surface area contributed by atoms with Crippen LogP contribution in [0.2, 0.25) is 5.02 Å². The summed E-state index contributed by atoms with van der Waals surface area (Å²) in [6.45, 7) is 5.63. The van der Waals surface area contributed by atoms with Crippen LogP contribution in [0.5, 0.6) is 0 Å². The third-order valence-corrected chi connectivity index (χ3v) is 5.51. The molecule has 0 spiro atoms. The van der Waals surface area contributed by atoms with Crippen molar-refractivity contribution in [3.63, 3.8) is 0 Å². The van der Waals surface area contributed by atoms with Crippen LogP contribution in [0, 0.1) is 13.8 Å². The van der Waals surface area contributed by atoms with E-state index in [1.165, 1.54) is 0 Å². The molecule has 5 nitrogen and oxygen atoms in total. The van der Waals surface area contributed by atoms with Gasteiger partial charge >= 0.3 is 0 Å². The maximum atomic E-state index is 12.7. The fraction of sp³-hybridized carbons (Fsp3) is 0.450. The molecule has 0 aliphatic carbocycles. The molecule has 1 aromatic carbocycles. The number of hydrogen-bond donors (Lipinski definition) is 0. The monoisotopic (exact) mass is 370 g/mol. The van der Waals surface area contributed by atoms with E-state index >= 15 is 0 Å².